The van der Waals surface area contributed by atoms with Crippen LogP contribution >= 0.6 is 11.8 Å². The van der Waals surface area contributed by atoms with Crippen LogP contribution in [0, 0.1) is 0 Å². The summed E-state index contributed by atoms with van der Waals surface area (Å²) in [7, 11) is 0. The lowest BCUT2D eigenvalue weighted by atomic mass is 10.2. The molecule has 18 heavy (non-hydrogen) atoms. The monoisotopic (exact) mass is 265 g/mol. The van der Waals surface area contributed by atoms with E-state index in [1.54, 1.807) is 13.0 Å². The lowest BCUT2D eigenvalue weighted by Gasteiger charge is -1.97. The van der Waals surface area contributed by atoms with Crippen LogP contribution in [0.15, 0.2) is 28.4 Å². The van der Waals surface area contributed by atoms with Crippen LogP contribution in [-0.2, 0) is 4.79 Å². The first-order valence-electron chi connectivity index (χ1n) is 5.17. The number of amidine groups is 1. The third-order valence-corrected chi connectivity index (χ3v) is 3.22. The molecule has 0 radical (unpaired) electrons. The third kappa shape index (κ3) is 2.80. The molecule has 1 heterocycles. The number of carbonyl (C=O) groups is 1. The molecule has 1 aliphatic heterocycles. The summed E-state index contributed by atoms with van der Waals surface area (Å²) >= 11 is 1.30. The maximum absolute atomic E-state index is 11.2. The number of hydrogen-bond acceptors (Lipinski definition) is 6. The van der Waals surface area contributed by atoms with Crippen molar-refractivity contribution >= 4 is 29.1 Å². The number of phenols is 2. The predicted molar refractivity (Wildman–Crippen MR) is 70.0 cm³/mol. The van der Waals surface area contributed by atoms with Crippen molar-refractivity contribution in [3.8, 4) is 11.5 Å². The highest BCUT2D eigenvalue weighted by Crippen LogP contribution is 2.24. The van der Waals surface area contributed by atoms with Gasteiger partial charge in [-0.3, -0.25) is 4.79 Å². The minimum Gasteiger partial charge on any atom is -0.504 e. The van der Waals surface area contributed by atoms with Crippen LogP contribution in [0.1, 0.15) is 12.5 Å². The number of benzene rings is 1. The number of aromatic hydroxyl groups is 2. The van der Waals surface area contributed by atoms with Gasteiger partial charge < -0.3 is 15.5 Å². The van der Waals surface area contributed by atoms with Gasteiger partial charge in [0.05, 0.1) is 11.5 Å². The first kappa shape index (κ1) is 12.4. The molecule has 0 saturated carbocycles. The Balaban J connectivity index is 2.05. The van der Waals surface area contributed by atoms with Crippen LogP contribution in [0.5, 0.6) is 11.5 Å². The summed E-state index contributed by atoms with van der Waals surface area (Å²) in [5.41, 5.74) is 0.594. The van der Waals surface area contributed by atoms with E-state index in [1.807, 2.05) is 0 Å². The van der Waals surface area contributed by atoms with E-state index in [-0.39, 0.29) is 22.7 Å². The summed E-state index contributed by atoms with van der Waals surface area (Å²) < 4.78 is 0. The molecule has 1 atom stereocenters. The predicted octanol–water partition coefficient (Wildman–Crippen LogP) is 1.04. The van der Waals surface area contributed by atoms with Crippen molar-refractivity contribution in [1.29, 1.82) is 0 Å². The van der Waals surface area contributed by atoms with Crippen molar-refractivity contribution in [2.75, 3.05) is 0 Å². The number of nitrogens with zero attached hydrogens (tertiary/aromatic N) is 2. The van der Waals surface area contributed by atoms with Crippen molar-refractivity contribution in [1.82, 2.24) is 5.32 Å². The molecule has 1 saturated heterocycles. The van der Waals surface area contributed by atoms with Gasteiger partial charge in [0.1, 0.15) is 0 Å². The van der Waals surface area contributed by atoms with Crippen LogP contribution in [0.25, 0.3) is 0 Å². The van der Waals surface area contributed by atoms with E-state index in [9.17, 15) is 9.90 Å². The number of carbonyl (C=O) groups excluding carboxylic acids is 1. The summed E-state index contributed by atoms with van der Waals surface area (Å²) in [6.45, 7) is 1.78. The second-order valence-electron chi connectivity index (χ2n) is 3.65. The maximum Gasteiger partial charge on any atom is 0.239 e. The zero-order valence-corrected chi connectivity index (χ0v) is 10.3. The lowest BCUT2D eigenvalue weighted by Crippen LogP contribution is -2.23. The van der Waals surface area contributed by atoms with Crippen LogP contribution in [0.2, 0.25) is 0 Å². The molecule has 0 aliphatic carbocycles. The van der Waals surface area contributed by atoms with Gasteiger partial charge in [0.2, 0.25) is 5.91 Å². The van der Waals surface area contributed by atoms with Crippen LogP contribution < -0.4 is 5.32 Å². The highest BCUT2D eigenvalue weighted by atomic mass is 32.2. The molecular formula is C11H11N3O3S. The summed E-state index contributed by atoms with van der Waals surface area (Å²) in [6.07, 6.45) is 1.42. The Morgan fingerprint density at radius 2 is 2.17 bits per heavy atom. The Bertz CT molecular complexity index is 542. The Kier molecular flexibility index (Phi) is 3.52. The fourth-order valence-electron chi connectivity index (χ4n) is 1.27. The summed E-state index contributed by atoms with van der Waals surface area (Å²) in [6, 6.07) is 4.31. The van der Waals surface area contributed by atoms with E-state index < -0.39 is 0 Å². The molecule has 7 heteroatoms. The number of amides is 1. The third-order valence-electron chi connectivity index (χ3n) is 2.24. The van der Waals surface area contributed by atoms with Crippen molar-refractivity contribution < 1.29 is 15.0 Å². The Morgan fingerprint density at radius 1 is 1.39 bits per heavy atom. The first-order valence-corrected chi connectivity index (χ1v) is 6.05. The van der Waals surface area contributed by atoms with Crippen LogP contribution in [0.4, 0.5) is 0 Å². The highest BCUT2D eigenvalue weighted by Gasteiger charge is 2.25. The topological polar surface area (TPSA) is 94.3 Å². The molecule has 3 N–H and O–H groups in total. The van der Waals surface area contributed by atoms with E-state index in [2.05, 4.69) is 15.5 Å². The summed E-state index contributed by atoms with van der Waals surface area (Å²) in [5, 5.41) is 28.9. The average Bonchev–Trinajstić information content (AvgIpc) is 2.63. The number of nitrogens with one attached hydrogen (secondary N) is 1. The van der Waals surface area contributed by atoms with Crippen molar-refractivity contribution in [2.24, 2.45) is 10.2 Å². The van der Waals surface area contributed by atoms with Crippen molar-refractivity contribution in [2.45, 2.75) is 12.2 Å². The molecule has 1 aliphatic rings. The lowest BCUT2D eigenvalue weighted by molar-refractivity contribution is -0.118. The standard InChI is InChI=1S/C11H11N3O3S/c1-6-10(17)13-11(18-6)14-12-5-7-2-3-8(15)9(16)4-7/h2-6,15-16H,1H3,(H,13,14,17). The molecule has 1 unspecified atom stereocenters. The van der Waals surface area contributed by atoms with Crippen molar-refractivity contribution in [3.05, 3.63) is 23.8 Å². The molecule has 0 bridgehead atoms. The van der Waals surface area contributed by atoms with E-state index in [0.717, 1.165) is 0 Å². The van der Waals surface area contributed by atoms with Gasteiger partial charge >= 0.3 is 0 Å². The van der Waals surface area contributed by atoms with Crippen LogP contribution in [0.3, 0.4) is 0 Å². The van der Waals surface area contributed by atoms with Gasteiger partial charge in [-0.25, -0.2) is 0 Å². The molecule has 6 nitrogen and oxygen atoms in total. The molecule has 1 fully saturated rings. The maximum atomic E-state index is 11.2. The van der Waals surface area contributed by atoms with E-state index >= 15 is 0 Å². The van der Waals surface area contributed by atoms with E-state index in [0.29, 0.717) is 10.7 Å². The molecule has 1 amide bonds. The van der Waals surface area contributed by atoms with Gasteiger partial charge in [0.15, 0.2) is 16.7 Å². The van der Waals surface area contributed by atoms with Gasteiger partial charge in [0, 0.05) is 0 Å². The number of rotatable bonds is 2. The molecule has 0 spiro atoms. The van der Waals surface area contributed by atoms with E-state index in [4.69, 9.17) is 5.11 Å². The molecule has 0 aromatic heterocycles. The van der Waals surface area contributed by atoms with Gasteiger partial charge in [-0.1, -0.05) is 11.8 Å². The minimum atomic E-state index is -0.219. The van der Waals surface area contributed by atoms with Gasteiger partial charge in [-0.2, -0.15) is 5.10 Å². The quantitative estimate of drug-likeness (QED) is 0.423. The molecular weight excluding hydrogens is 254 g/mol. The molecule has 94 valence electrons. The van der Waals surface area contributed by atoms with Crippen LogP contribution in [-0.4, -0.2) is 32.8 Å². The van der Waals surface area contributed by atoms with Gasteiger partial charge in [0.25, 0.3) is 0 Å². The highest BCUT2D eigenvalue weighted by molar-refractivity contribution is 8.15. The fraction of sp³-hybridized carbons (Fsp3) is 0.182. The first-order chi connectivity index (χ1) is 8.56. The largest absolute Gasteiger partial charge is 0.504 e. The molecule has 1 aromatic carbocycles. The average molecular weight is 265 g/mol. The number of hydrogen-bond donors (Lipinski definition) is 3. The molecule has 2 rings (SSSR count). The normalized spacial score (nSPS) is 21.7. The summed E-state index contributed by atoms with van der Waals surface area (Å²) in [5.74, 6) is -0.495. The van der Waals surface area contributed by atoms with Gasteiger partial charge in [-0.15, -0.1) is 5.10 Å². The number of phenolic OH excluding ortho intramolecular Hbond substituents is 2. The Labute approximate surface area is 107 Å². The fourth-order valence-corrected chi connectivity index (χ4v) is 2.03. The second-order valence-corrected chi connectivity index (χ2v) is 4.98. The van der Waals surface area contributed by atoms with Crippen molar-refractivity contribution in [3.63, 3.8) is 0 Å². The zero-order valence-electron chi connectivity index (χ0n) is 9.49. The zero-order chi connectivity index (χ0) is 13.1. The second kappa shape index (κ2) is 5.09. The van der Waals surface area contributed by atoms with E-state index in [1.165, 1.54) is 30.1 Å². The van der Waals surface area contributed by atoms with Gasteiger partial charge in [-0.05, 0) is 30.7 Å². The Hall–Kier alpha value is -2.02. The SMILES string of the molecule is CC1SC(=NN=Cc2ccc(O)c(O)c2)NC1=O. The number of thioether (sulfide) groups is 1. The summed E-state index contributed by atoms with van der Waals surface area (Å²) in [4.78, 5) is 11.2. The molecule has 1 aromatic rings. The Morgan fingerprint density at radius 3 is 2.78 bits per heavy atom. The minimum absolute atomic E-state index is 0.0868. The smallest absolute Gasteiger partial charge is 0.239 e.